The van der Waals surface area contributed by atoms with Gasteiger partial charge in [-0.25, -0.2) is 4.79 Å². The Morgan fingerprint density at radius 2 is 1.90 bits per heavy atom. The number of carbonyl (C=O) groups is 2. The predicted octanol–water partition coefficient (Wildman–Crippen LogP) is 4.37. The lowest BCUT2D eigenvalue weighted by Gasteiger charge is -2.38. The maximum absolute atomic E-state index is 13.3. The standard InChI is InChI=1S/C24H25NO4/c1-4-28-24(27)21-15(3)25-18-12-17(16-8-6-5-7-9-16)13-19(26)22(18)23(21)20-11-10-14(2)29-20/h5-12,17,22-23,25H,4,13H2,1-3H3. The number of carbonyl (C=O) groups excluding carboxylic acids is 2. The van der Waals surface area contributed by atoms with E-state index in [0.29, 0.717) is 23.5 Å². The van der Waals surface area contributed by atoms with Gasteiger partial charge in [-0.1, -0.05) is 36.4 Å². The fraction of sp³-hybridized carbons (Fsp3) is 0.333. The molecule has 0 amide bonds. The quantitative estimate of drug-likeness (QED) is 0.784. The Labute approximate surface area is 170 Å². The number of fused-ring (bicyclic) bond motifs is 1. The fourth-order valence-corrected chi connectivity index (χ4v) is 4.40. The molecule has 3 unspecified atom stereocenters. The summed E-state index contributed by atoms with van der Waals surface area (Å²) in [5.41, 5.74) is 3.11. The molecule has 2 aromatic rings. The van der Waals surface area contributed by atoms with Crippen LogP contribution in [0.2, 0.25) is 0 Å². The summed E-state index contributed by atoms with van der Waals surface area (Å²) in [4.78, 5) is 26.1. The molecule has 1 aliphatic carbocycles. The largest absolute Gasteiger partial charge is 0.466 e. The van der Waals surface area contributed by atoms with Crippen molar-refractivity contribution < 1.29 is 18.7 Å². The monoisotopic (exact) mass is 391 g/mol. The van der Waals surface area contributed by atoms with E-state index in [1.54, 1.807) is 6.92 Å². The number of allylic oxidation sites excluding steroid dienone is 3. The van der Waals surface area contributed by atoms with E-state index in [1.165, 1.54) is 0 Å². The van der Waals surface area contributed by atoms with Crippen molar-refractivity contribution in [3.05, 3.63) is 82.6 Å². The van der Waals surface area contributed by atoms with Gasteiger partial charge < -0.3 is 14.5 Å². The molecule has 1 aromatic carbocycles. The molecule has 0 radical (unpaired) electrons. The summed E-state index contributed by atoms with van der Waals surface area (Å²) < 4.78 is 11.2. The number of nitrogens with one attached hydrogen (secondary N) is 1. The number of furan rings is 1. The molecule has 1 N–H and O–H groups in total. The van der Waals surface area contributed by atoms with Crippen molar-refractivity contribution in [2.75, 3.05) is 6.61 Å². The lowest BCUT2D eigenvalue weighted by atomic mass is 9.70. The summed E-state index contributed by atoms with van der Waals surface area (Å²) in [5, 5.41) is 3.32. The molecule has 2 heterocycles. The Morgan fingerprint density at radius 3 is 2.55 bits per heavy atom. The maximum atomic E-state index is 13.3. The van der Waals surface area contributed by atoms with Crippen LogP contribution in [0.15, 0.2) is 69.9 Å². The van der Waals surface area contributed by atoms with Crippen molar-refractivity contribution in [2.45, 2.75) is 39.0 Å². The van der Waals surface area contributed by atoms with Gasteiger partial charge in [0.15, 0.2) is 0 Å². The maximum Gasteiger partial charge on any atom is 0.336 e. The molecule has 29 heavy (non-hydrogen) atoms. The smallest absolute Gasteiger partial charge is 0.336 e. The highest BCUT2D eigenvalue weighted by Gasteiger charge is 2.46. The Kier molecular flexibility index (Phi) is 5.14. The molecule has 0 saturated heterocycles. The molecular formula is C24H25NO4. The number of aryl methyl sites for hydroxylation is 1. The molecule has 0 fully saturated rings. The van der Waals surface area contributed by atoms with Crippen molar-refractivity contribution in [3.63, 3.8) is 0 Å². The Morgan fingerprint density at radius 1 is 1.14 bits per heavy atom. The summed E-state index contributed by atoms with van der Waals surface area (Å²) >= 11 is 0. The molecule has 4 rings (SSSR count). The predicted molar refractivity (Wildman–Crippen MR) is 109 cm³/mol. The van der Waals surface area contributed by atoms with Crippen molar-refractivity contribution >= 4 is 11.8 Å². The van der Waals surface area contributed by atoms with Crippen LogP contribution in [0.4, 0.5) is 0 Å². The number of ketones is 1. The lowest BCUT2D eigenvalue weighted by molar-refractivity contribution is -0.139. The molecule has 5 nitrogen and oxygen atoms in total. The average Bonchev–Trinajstić information content (AvgIpc) is 3.13. The summed E-state index contributed by atoms with van der Waals surface area (Å²) in [5.74, 6) is 0.0939. The zero-order chi connectivity index (χ0) is 20.5. The third-order valence-electron chi connectivity index (χ3n) is 5.65. The van der Waals surface area contributed by atoms with Crippen LogP contribution in [0.1, 0.15) is 49.2 Å². The normalized spacial score (nSPS) is 23.9. The lowest BCUT2D eigenvalue weighted by Crippen LogP contribution is -2.41. The Hall–Kier alpha value is -3.08. The van der Waals surface area contributed by atoms with E-state index in [4.69, 9.17) is 9.15 Å². The molecule has 1 aromatic heterocycles. The summed E-state index contributed by atoms with van der Waals surface area (Å²) in [6, 6.07) is 13.7. The van der Waals surface area contributed by atoms with Crippen LogP contribution in [0.3, 0.4) is 0 Å². The van der Waals surface area contributed by atoms with E-state index < -0.39 is 17.8 Å². The number of Topliss-reactive ketones (excluding diaryl/α,β-unsaturated/α-hetero) is 1. The van der Waals surface area contributed by atoms with Gasteiger partial charge in [-0.2, -0.15) is 0 Å². The topological polar surface area (TPSA) is 68.5 Å². The van der Waals surface area contributed by atoms with Crippen LogP contribution >= 0.6 is 0 Å². The van der Waals surface area contributed by atoms with Crippen LogP contribution < -0.4 is 5.32 Å². The number of esters is 1. The van der Waals surface area contributed by atoms with Crippen LogP contribution in [0.25, 0.3) is 0 Å². The van der Waals surface area contributed by atoms with E-state index in [-0.39, 0.29) is 18.3 Å². The van der Waals surface area contributed by atoms with Crippen molar-refractivity contribution in [2.24, 2.45) is 5.92 Å². The van der Waals surface area contributed by atoms with Gasteiger partial charge in [0, 0.05) is 23.7 Å². The number of hydrogen-bond acceptors (Lipinski definition) is 5. The van der Waals surface area contributed by atoms with Crippen molar-refractivity contribution in [3.8, 4) is 0 Å². The first kappa shape index (κ1) is 19.2. The number of ether oxygens (including phenoxy) is 1. The second-order valence-corrected chi connectivity index (χ2v) is 7.60. The van der Waals surface area contributed by atoms with Crippen LogP contribution in [-0.4, -0.2) is 18.4 Å². The van der Waals surface area contributed by atoms with E-state index >= 15 is 0 Å². The zero-order valence-corrected chi connectivity index (χ0v) is 16.9. The first-order chi connectivity index (χ1) is 14.0. The minimum atomic E-state index is -0.487. The summed E-state index contributed by atoms with van der Waals surface area (Å²) in [7, 11) is 0. The molecule has 1 aliphatic heterocycles. The van der Waals surface area contributed by atoms with Gasteiger partial charge in [-0.15, -0.1) is 0 Å². The van der Waals surface area contributed by atoms with Gasteiger partial charge in [-0.05, 0) is 38.5 Å². The second kappa shape index (κ2) is 7.74. The first-order valence-corrected chi connectivity index (χ1v) is 10.00. The minimum absolute atomic E-state index is 0.0124. The Balaban J connectivity index is 1.82. The van der Waals surface area contributed by atoms with Crippen molar-refractivity contribution in [1.29, 1.82) is 0 Å². The number of hydrogen-bond donors (Lipinski definition) is 1. The molecule has 150 valence electrons. The number of benzene rings is 1. The molecule has 0 spiro atoms. The van der Waals surface area contributed by atoms with Gasteiger partial charge >= 0.3 is 5.97 Å². The van der Waals surface area contributed by atoms with Gasteiger partial charge in [0.05, 0.1) is 24.0 Å². The van der Waals surface area contributed by atoms with Gasteiger partial charge in [0.25, 0.3) is 0 Å². The molecule has 0 bridgehead atoms. The van der Waals surface area contributed by atoms with E-state index in [0.717, 1.165) is 17.0 Å². The summed E-state index contributed by atoms with van der Waals surface area (Å²) in [6.45, 7) is 5.76. The van der Waals surface area contributed by atoms with Crippen molar-refractivity contribution in [1.82, 2.24) is 5.32 Å². The Bertz CT molecular complexity index is 999. The second-order valence-electron chi connectivity index (χ2n) is 7.60. The molecule has 2 aliphatic rings. The van der Waals surface area contributed by atoms with E-state index in [1.807, 2.05) is 56.3 Å². The number of rotatable bonds is 4. The molecule has 3 atom stereocenters. The minimum Gasteiger partial charge on any atom is -0.466 e. The van der Waals surface area contributed by atoms with Gasteiger partial charge in [0.2, 0.25) is 0 Å². The zero-order valence-electron chi connectivity index (χ0n) is 16.9. The highest BCUT2D eigenvalue weighted by molar-refractivity contribution is 5.96. The highest BCUT2D eigenvalue weighted by Crippen LogP contribution is 2.46. The molecule has 5 heteroatoms. The molecule has 0 saturated carbocycles. The highest BCUT2D eigenvalue weighted by atomic mass is 16.5. The SMILES string of the molecule is CCOC(=O)C1=C(C)NC2=CC(c3ccccc3)CC(=O)C2C1c1ccc(C)o1. The third-order valence-corrected chi connectivity index (χ3v) is 5.65. The van der Waals surface area contributed by atoms with E-state index in [2.05, 4.69) is 11.4 Å². The molecular weight excluding hydrogens is 366 g/mol. The summed E-state index contributed by atoms with van der Waals surface area (Å²) in [6.07, 6.45) is 2.51. The van der Waals surface area contributed by atoms with Gasteiger partial charge in [-0.3, -0.25) is 4.79 Å². The van der Waals surface area contributed by atoms with E-state index in [9.17, 15) is 9.59 Å². The average molecular weight is 391 g/mol. The first-order valence-electron chi connectivity index (χ1n) is 10.00. The third kappa shape index (κ3) is 3.53. The van der Waals surface area contributed by atoms with Crippen LogP contribution in [0.5, 0.6) is 0 Å². The fourth-order valence-electron chi connectivity index (χ4n) is 4.40. The van der Waals surface area contributed by atoms with Crippen LogP contribution in [-0.2, 0) is 14.3 Å². The van der Waals surface area contributed by atoms with Crippen LogP contribution in [0, 0.1) is 12.8 Å². The van der Waals surface area contributed by atoms with Gasteiger partial charge in [0.1, 0.15) is 17.3 Å².